The highest BCUT2D eigenvalue weighted by molar-refractivity contribution is 7.10. The van der Waals surface area contributed by atoms with Gasteiger partial charge in [-0.1, -0.05) is 20.3 Å². The van der Waals surface area contributed by atoms with E-state index in [1.807, 2.05) is 0 Å². The van der Waals surface area contributed by atoms with Crippen molar-refractivity contribution in [1.82, 2.24) is 0 Å². The quantitative estimate of drug-likeness (QED) is 0.784. The molecule has 0 aliphatic rings. The van der Waals surface area contributed by atoms with E-state index in [0.717, 1.165) is 18.4 Å². The summed E-state index contributed by atoms with van der Waals surface area (Å²) in [7, 11) is 0. The van der Waals surface area contributed by atoms with Gasteiger partial charge in [0.15, 0.2) is 0 Å². The summed E-state index contributed by atoms with van der Waals surface area (Å²) in [5, 5.41) is 11.9. The van der Waals surface area contributed by atoms with Crippen LogP contribution in [0.5, 0.6) is 0 Å². The van der Waals surface area contributed by atoms with E-state index in [0.29, 0.717) is 5.92 Å². The van der Waals surface area contributed by atoms with Crippen LogP contribution in [0.3, 0.4) is 0 Å². The first-order valence-electron chi connectivity index (χ1n) is 4.86. The zero-order chi connectivity index (χ0) is 9.84. The lowest BCUT2D eigenvalue weighted by Gasteiger charge is -2.13. The van der Waals surface area contributed by atoms with Crippen molar-refractivity contribution in [3.63, 3.8) is 0 Å². The van der Waals surface area contributed by atoms with Crippen molar-refractivity contribution in [3.05, 3.63) is 21.9 Å². The molecule has 0 aliphatic heterocycles. The smallest absolute Gasteiger partial charge is 0.0800 e. The molecule has 0 aromatic carbocycles. The number of thiophene rings is 1. The van der Waals surface area contributed by atoms with Crippen molar-refractivity contribution in [2.75, 3.05) is 0 Å². The highest BCUT2D eigenvalue weighted by Gasteiger charge is 2.11. The summed E-state index contributed by atoms with van der Waals surface area (Å²) in [5.41, 5.74) is 1.09. The molecule has 1 heterocycles. The molecule has 0 saturated heterocycles. The van der Waals surface area contributed by atoms with Crippen molar-refractivity contribution in [1.29, 1.82) is 0 Å². The Kier molecular flexibility index (Phi) is 3.94. The average molecular weight is 198 g/mol. The normalized spacial score (nSPS) is 15.7. The molecule has 2 unspecified atom stereocenters. The second kappa shape index (κ2) is 4.77. The first-order chi connectivity index (χ1) is 6.13. The van der Waals surface area contributed by atoms with E-state index in [1.54, 1.807) is 11.3 Å². The van der Waals surface area contributed by atoms with Gasteiger partial charge in [-0.2, -0.15) is 0 Å². The van der Waals surface area contributed by atoms with Gasteiger partial charge in [-0.05, 0) is 36.3 Å². The molecule has 0 amide bonds. The van der Waals surface area contributed by atoms with Crippen LogP contribution in [0, 0.1) is 12.8 Å². The van der Waals surface area contributed by atoms with E-state index in [2.05, 4.69) is 32.2 Å². The third-order valence-corrected chi connectivity index (χ3v) is 3.34. The topological polar surface area (TPSA) is 20.2 Å². The predicted octanol–water partition coefficient (Wildman–Crippen LogP) is 3.53. The Morgan fingerprint density at radius 2 is 2.23 bits per heavy atom. The van der Waals surface area contributed by atoms with Gasteiger partial charge in [-0.25, -0.2) is 0 Å². The first kappa shape index (κ1) is 10.7. The van der Waals surface area contributed by atoms with Crippen LogP contribution in [0.4, 0.5) is 0 Å². The third kappa shape index (κ3) is 3.12. The molecule has 1 aromatic heterocycles. The molecule has 0 bridgehead atoms. The molecule has 2 atom stereocenters. The van der Waals surface area contributed by atoms with Gasteiger partial charge in [0.05, 0.1) is 6.10 Å². The zero-order valence-electron chi connectivity index (χ0n) is 8.58. The van der Waals surface area contributed by atoms with E-state index in [1.165, 1.54) is 4.88 Å². The minimum Gasteiger partial charge on any atom is -0.388 e. The van der Waals surface area contributed by atoms with Crippen molar-refractivity contribution in [2.45, 2.75) is 39.7 Å². The van der Waals surface area contributed by atoms with Gasteiger partial charge >= 0.3 is 0 Å². The number of aliphatic hydroxyl groups is 1. The number of rotatable bonds is 4. The maximum Gasteiger partial charge on any atom is 0.0800 e. The molecule has 1 rings (SSSR count). The van der Waals surface area contributed by atoms with Gasteiger partial charge < -0.3 is 5.11 Å². The molecule has 13 heavy (non-hydrogen) atoms. The highest BCUT2D eigenvalue weighted by atomic mass is 32.1. The van der Waals surface area contributed by atoms with Gasteiger partial charge in [0.1, 0.15) is 0 Å². The Labute approximate surface area is 84.4 Å². The number of aryl methyl sites for hydroxylation is 1. The Balaban J connectivity index is 2.53. The van der Waals surface area contributed by atoms with E-state index in [9.17, 15) is 5.11 Å². The lowest BCUT2D eigenvalue weighted by molar-refractivity contribution is 0.147. The summed E-state index contributed by atoms with van der Waals surface area (Å²) in [6, 6.07) is 2.08. The predicted molar refractivity (Wildman–Crippen MR) is 58.1 cm³/mol. The molecule has 0 radical (unpaired) electrons. The lowest BCUT2D eigenvalue weighted by Crippen LogP contribution is -2.02. The molecule has 74 valence electrons. The van der Waals surface area contributed by atoms with E-state index in [4.69, 9.17) is 0 Å². The minimum absolute atomic E-state index is 0.264. The lowest BCUT2D eigenvalue weighted by atomic mass is 9.98. The third-order valence-electron chi connectivity index (χ3n) is 2.46. The molecule has 1 aromatic rings. The van der Waals surface area contributed by atoms with Crippen molar-refractivity contribution >= 4 is 11.3 Å². The molecule has 0 spiro atoms. The van der Waals surface area contributed by atoms with Gasteiger partial charge in [-0.3, -0.25) is 0 Å². The van der Waals surface area contributed by atoms with Crippen molar-refractivity contribution in [3.8, 4) is 0 Å². The Hall–Kier alpha value is -0.340. The van der Waals surface area contributed by atoms with Gasteiger partial charge in [0.2, 0.25) is 0 Å². The second-order valence-corrected chi connectivity index (χ2v) is 4.87. The number of aliphatic hydroxyl groups excluding tert-OH is 1. The van der Waals surface area contributed by atoms with Crippen LogP contribution in [0.2, 0.25) is 0 Å². The van der Waals surface area contributed by atoms with E-state index < -0.39 is 0 Å². The standard InChI is InChI=1S/C11H18OS/c1-4-8(2)5-11(12)10-6-9(3)13-7-10/h6-8,11-12H,4-5H2,1-3H3. The molecule has 0 aliphatic carbocycles. The Morgan fingerprint density at radius 1 is 1.54 bits per heavy atom. The summed E-state index contributed by atoms with van der Waals surface area (Å²) in [6.07, 6.45) is 1.76. The van der Waals surface area contributed by atoms with Crippen LogP contribution in [-0.2, 0) is 0 Å². The van der Waals surface area contributed by atoms with Gasteiger partial charge in [0, 0.05) is 4.88 Å². The molecule has 0 saturated carbocycles. The zero-order valence-corrected chi connectivity index (χ0v) is 9.40. The molecule has 0 fully saturated rings. The summed E-state index contributed by atoms with van der Waals surface area (Å²) in [6.45, 7) is 6.42. The molecular weight excluding hydrogens is 180 g/mol. The van der Waals surface area contributed by atoms with Crippen molar-refractivity contribution < 1.29 is 5.11 Å². The molecule has 1 N–H and O–H groups in total. The maximum absolute atomic E-state index is 9.84. The monoisotopic (exact) mass is 198 g/mol. The van der Waals surface area contributed by atoms with Crippen LogP contribution >= 0.6 is 11.3 Å². The van der Waals surface area contributed by atoms with Crippen LogP contribution in [-0.4, -0.2) is 5.11 Å². The summed E-state index contributed by atoms with van der Waals surface area (Å²) < 4.78 is 0. The summed E-state index contributed by atoms with van der Waals surface area (Å²) in [4.78, 5) is 1.28. The van der Waals surface area contributed by atoms with Crippen LogP contribution in [0.1, 0.15) is 43.2 Å². The number of hydrogen-bond acceptors (Lipinski definition) is 2. The largest absolute Gasteiger partial charge is 0.388 e. The summed E-state index contributed by atoms with van der Waals surface area (Å²) in [5.74, 6) is 0.607. The molecule has 1 nitrogen and oxygen atoms in total. The Bertz CT molecular complexity index is 254. The SMILES string of the molecule is CCC(C)CC(O)c1csc(C)c1. The maximum atomic E-state index is 9.84. The fourth-order valence-corrected chi connectivity index (χ4v) is 2.07. The number of hydrogen-bond donors (Lipinski definition) is 1. The minimum atomic E-state index is -0.264. The fraction of sp³-hybridized carbons (Fsp3) is 0.636. The van der Waals surface area contributed by atoms with Gasteiger partial charge in [0.25, 0.3) is 0 Å². The first-order valence-corrected chi connectivity index (χ1v) is 5.74. The van der Waals surface area contributed by atoms with Crippen molar-refractivity contribution in [2.24, 2.45) is 5.92 Å². The van der Waals surface area contributed by atoms with E-state index in [-0.39, 0.29) is 6.10 Å². The molecular formula is C11H18OS. The second-order valence-electron chi connectivity index (χ2n) is 3.76. The van der Waals surface area contributed by atoms with E-state index >= 15 is 0 Å². The highest BCUT2D eigenvalue weighted by Crippen LogP contribution is 2.26. The van der Waals surface area contributed by atoms with Crippen LogP contribution < -0.4 is 0 Å². The fourth-order valence-electron chi connectivity index (χ4n) is 1.32. The average Bonchev–Trinajstić information content (AvgIpc) is 2.51. The summed E-state index contributed by atoms with van der Waals surface area (Å²) >= 11 is 1.71. The van der Waals surface area contributed by atoms with Gasteiger partial charge in [-0.15, -0.1) is 11.3 Å². The van der Waals surface area contributed by atoms with Crippen LogP contribution in [0.15, 0.2) is 11.4 Å². The van der Waals surface area contributed by atoms with Crippen LogP contribution in [0.25, 0.3) is 0 Å². The Morgan fingerprint density at radius 3 is 2.69 bits per heavy atom. The molecule has 2 heteroatoms.